The van der Waals surface area contributed by atoms with Crippen LogP contribution in [-0.2, 0) is 10.0 Å². The van der Waals surface area contributed by atoms with Gasteiger partial charge >= 0.3 is 0 Å². The normalized spacial score (nSPS) is 12.4. The van der Waals surface area contributed by atoms with Crippen LogP contribution in [0.5, 0.6) is 0 Å². The molecular formula is C19H20N4O3S2. The van der Waals surface area contributed by atoms with Crippen LogP contribution in [0.4, 0.5) is 5.69 Å². The van der Waals surface area contributed by atoms with Crippen LogP contribution < -0.4 is 10.0 Å². The van der Waals surface area contributed by atoms with Crippen molar-refractivity contribution < 1.29 is 13.2 Å². The van der Waals surface area contributed by atoms with E-state index in [9.17, 15) is 13.2 Å². The molecule has 0 aliphatic heterocycles. The number of aromatic nitrogens is 2. The Kier molecular flexibility index (Phi) is 6.05. The van der Waals surface area contributed by atoms with E-state index in [1.807, 2.05) is 24.4 Å². The summed E-state index contributed by atoms with van der Waals surface area (Å²) in [6, 6.07) is 9.94. The van der Waals surface area contributed by atoms with Gasteiger partial charge in [0, 0.05) is 23.3 Å². The molecule has 0 aliphatic carbocycles. The molecule has 28 heavy (non-hydrogen) atoms. The average Bonchev–Trinajstić information content (AvgIpc) is 3.19. The molecule has 3 rings (SSSR count). The third kappa shape index (κ3) is 4.73. The van der Waals surface area contributed by atoms with Gasteiger partial charge in [-0.1, -0.05) is 12.1 Å². The van der Waals surface area contributed by atoms with Gasteiger partial charge in [-0.3, -0.25) is 14.5 Å². The van der Waals surface area contributed by atoms with Crippen LogP contribution in [0.25, 0.3) is 11.3 Å². The molecule has 9 heteroatoms. The topological polar surface area (TPSA) is 101 Å². The zero-order chi connectivity index (χ0) is 20.1. The molecule has 2 heterocycles. The Bertz CT molecular complexity index is 1070. The molecular weight excluding hydrogens is 396 g/mol. The molecule has 1 unspecified atom stereocenters. The lowest BCUT2D eigenvalue weighted by Crippen LogP contribution is -2.28. The lowest BCUT2D eigenvalue weighted by atomic mass is 10.1. The van der Waals surface area contributed by atoms with Crippen molar-refractivity contribution in [3.8, 4) is 11.3 Å². The maximum Gasteiger partial charge on any atom is 0.253 e. The fraction of sp³-hybridized carbons (Fsp3) is 0.211. The largest absolute Gasteiger partial charge is 0.343 e. The van der Waals surface area contributed by atoms with E-state index in [0.717, 1.165) is 16.3 Å². The number of sulfonamides is 1. The summed E-state index contributed by atoms with van der Waals surface area (Å²) in [5, 5.41) is 5.54. The predicted molar refractivity (Wildman–Crippen MR) is 111 cm³/mol. The first kappa shape index (κ1) is 20.0. The van der Waals surface area contributed by atoms with Gasteiger partial charge in [0.1, 0.15) is 5.01 Å². The highest BCUT2D eigenvalue weighted by atomic mass is 32.2. The quantitative estimate of drug-likeness (QED) is 0.614. The number of carbonyl (C=O) groups is 1. The zero-order valence-electron chi connectivity index (χ0n) is 15.4. The monoisotopic (exact) mass is 416 g/mol. The first-order chi connectivity index (χ1) is 13.4. The molecule has 0 spiro atoms. The number of thiazole rings is 1. The van der Waals surface area contributed by atoms with Crippen LogP contribution in [0.2, 0.25) is 0 Å². The number of nitrogens with zero attached hydrogens (tertiary/aromatic N) is 2. The van der Waals surface area contributed by atoms with E-state index >= 15 is 0 Å². The molecule has 7 nitrogen and oxygen atoms in total. The second-order valence-corrected chi connectivity index (χ2v) is 8.96. The highest BCUT2D eigenvalue weighted by molar-refractivity contribution is 7.92. The number of para-hydroxylation sites is 1. The standard InChI is InChI=1S/C19H20N4O3S2/c1-3-28(25,26)23-16-9-5-4-8-15(16)18(24)21-13(2)19-22-17(12-27-19)14-7-6-10-20-11-14/h4-13,23H,3H2,1-2H3,(H,21,24). The van der Waals surface area contributed by atoms with Crippen LogP contribution in [0, 0.1) is 0 Å². The van der Waals surface area contributed by atoms with Crippen LogP contribution in [0.1, 0.15) is 35.3 Å². The summed E-state index contributed by atoms with van der Waals surface area (Å²) < 4.78 is 26.2. The summed E-state index contributed by atoms with van der Waals surface area (Å²) in [6.07, 6.45) is 3.43. The second-order valence-electron chi connectivity index (χ2n) is 6.06. The van der Waals surface area contributed by atoms with Crippen molar-refractivity contribution in [2.45, 2.75) is 19.9 Å². The number of pyridine rings is 1. The van der Waals surface area contributed by atoms with Crippen LogP contribution in [0.15, 0.2) is 54.2 Å². The maximum atomic E-state index is 12.7. The first-order valence-electron chi connectivity index (χ1n) is 8.66. The molecule has 3 aromatic rings. The number of carbonyl (C=O) groups excluding carboxylic acids is 1. The fourth-order valence-electron chi connectivity index (χ4n) is 2.48. The summed E-state index contributed by atoms with van der Waals surface area (Å²) in [5.41, 5.74) is 2.22. The third-order valence-electron chi connectivity index (χ3n) is 4.01. The number of hydrogen-bond donors (Lipinski definition) is 2. The summed E-state index contributed by atoms with van der Waals surface area (Å²) in [6.45, 7) is 3.37. The number of anilines is 1. The van der Waals surface area contributed by atoms with Crippen LogP contribution in [-0.4, -0.2) is 30.0 Å². The maximum absolute atomic E-state index is 12.7. The predicted octanol–water partition coefficient (Wildman–Crippen LogP) is 3.46. The number of hydrogen-bond acceptors (Lipinski definition) is 6. The van der Waals surface area contributed by atoms with Gasteiger partial charge < -0.3 is 5.32 Å². The van der Waals surface area contributed by atoms with Gasteiger partial charge in [0.2, 0.25) is 10.0 Å². The molecule has 1 amide bonds. The molecule has 0 radical (unpaired) electrons. The van der Waals surface area contributed by atoms with Crippen molar-refractivity contribution in [2.75, 3.05) is 10.5 Å². The minimum atomic E-state index is -3.48. The van der Waals surface area contributed by atoms with E-state index < -0.39 is 10.0 Å². The molecule has 1 atom stereocenters. The molecule has 2 aromatic heterocycles. The molecule has 1 aromatic carbocycles. The van der Waals surface area contributed by atoms with Gasteiger partial charge in [0.25, 0.3) is 5.91 Å². The fourth-order valence-corrected chi connectivity index (χ4v) is 3.97. The molecule has 146 valence electrons. The van der Waals surface area contributed by atoms with Gasteiger partial charge in [-0.25, -0.2) is 13.4 Å². The Labute approximate surface area is 167 Å². The van der Waals surface area contributed by atoms with Gasteiger partial charge in [0.05, 0.1) is 28.7 Å². The molecule has 2 N–H and O–H groups in total. The molecule has 0 aliphatic rings. The SMILES string of the molecule is CCS(=O)(=O)Nc1ccccc1C(=O)NC(C)c1nc(-c2cccnc2)cs1. The summed E-state index contributed by atoms with van der Waals surface area (Å²) in [4.78, 5) is 21.4. The van der Waals surface area contributed by atoms with Crippen molar-refractivity contribution >= 4 is 33.0 Å². The lowest BCUT2D eigenvalue weighted by Gasteiger charge is -2.15. The summed E-state index contributed by atoms with van der Waals surface area (Å²) >= 11 is 1.44. The van der Waals surface area contributed by atoms with Crippen molar-refractivity contribution in [1.82, 2.24) is 15.3 Å². The lowest BCUT2D eigenvalue weighted by molar-refractivity contribution is 0.0940. The van der Waals surface area contributed by atoms with Crippen molar-refractivity contribution in [1.29, 1.82) is 0 Å². The minimum Gasteiger partial charge on any atom is -0.343 e. The minimum absolute atomic E-state index is 0.0738. The number of benzene rings is 1. The number of amides is 1. The Morgan fingerprint density at radius 2 is 2.00 bits per heavy atom. The van der Waals surface area contributed by atoms with Gasteiger partial charge in [0.15, 0.2) is 0 Å². The molecule has 0 bridgehead atoms. The Hall–Kier alpha value is -2.78. The highest BCUT2D eigenvalue weighted by Crippen LogP contribution is 2.25. The molecule has 0 saturated heterocycles. The smallest absolute Gasteiger partial charge is 0.253 e. The van der Waals surface area contributed by atoms with E-state index in [2.05, 4.69) is 20.0 Å². The van der Waals surface area contributed by atoms with E-state index in [0.29, 0.717) is 0 Å². The Morgan fingerprint density at radius 1 is 1.21 bits per heavy atom. The van der Waals surface area contributed by atoms with Gasteiger partial charge in [-0.15, -0.1) is 11.3 Å². The van der Waals surface area contributed by atoms with Crippen molar-refractivity contribution in [2.24, 2.45) is 0 Å². The first-order valence-corrected chi connectivity index (χ1v) is 11.2. The second kappa shape index (κ2) is 8.49. The molecule has 0 saturated carbocycles. The van der Waals surface area contributed by atoms with Crippen molar-refractivity contribution in [3.63, 3.8) is 0 Å². The number of rotatable bonds is 7. The van der Waals surface area contributed by atoms with E-state index in [1.54, 1.807) is 36.7 Å². The van der Waals surface area contributed by atoms with Crippen molar-refractivity contribution in [3.05, 3.63) is 64.7 Å². The summed E-state index contributed by atoms with van der Waals surface area (Å²) in [5.74, 6) is -0.449. The van der Waals surface area contributed by atoms with E-state index in [4.69, 9.17) is 0 Å². The van der Waals surface area contributed by atoms with Crippen LogP contribution >= 0.6 is 11.3 Å². The van der Waals surface area contributed by atoms with E-state index in [1.165, 1.54) is 18.3 Å². The van der Waals surface area contributed by atoms with E-state index in [-0.39, 0.29) is 29.0 Å². The van der Waals surface area contributed by atoms with Crippen LogP contribution in [0.3, 0.4) is 0 Å². The molecule has 0 fully saturated rings. The average molecular weight is 417 g/mol. The van der Waals surface area contributed by atoms with Gasteiger partial charge in [-0.05, 0) is 38.1 Å². The Morgan fingerprint density at radius 3 is 2.71 bits per heavy atom. The summed E-state index contributed by atoms with van der Waals surface area (Å²) in [7, 11) is -3.48. The zero-order valence-corrected chi connectivity index (χ0v) is 17.0. The number of nitrogens with one attached hydrogen (secondary N) is 2. The third-order valence-corrected chi connectivity index (χ3v) is 6.33. The highest BCUT2D eigenvalue weighted by Gasteiger charge is 2.19. The Balaban J connectivity index is 1.76. The van der Waals surface area contributed by atoms with Gasteiger partial charge in [-0.2, -0.15) is 0 Å².